The van der Waals surface area contributed by atoms with E-state index >= 15 is 0 Å². The van der Waals surface area contributed by atoms with Crippen LogP contribution < -0.4 is 5.73 Å². The summed E-state index contributed by atoms with van der Waals surface area (Å²) in [5.41, 5.74) is 5.54. The molecule has 2 rings (SSSR count). The maximum atomic E-state index is 13.2. The molecule has 96 valence electrons. The molecule has 0 saturated carbocycles. The molecule has 0 aliphatic carbocycles. The van der Waals surface area contributed by atoms with Gasteiger partial charge in [-0.3, -0.25) is 0 Å². The highest BCUT2D eigenvalue weighted by atomic mass is 79.9. The van der Waals surface area contributed by atoms with Gasteiger partial charge in [0.2, 0.25) is 0 Å². The minimum Gasteiger partial charge on any atom is -0.399 e. The van der Waals surface area contributed by atoms with E-state index in [0.29, 0.717) is 4.88 Å². The SMILES string of the molecule is Nc1cc(F)cc(S(=O)(=O)Cc2sccc2Br)c1. The maximum Gasteiger partial charge on any atom is 0.183 e. The zero-order chi connectivity index (χ0) is 13.3. The number of thiophene rings is 1. The summed E-state index contributed by atoms with van der Waals surface area (Å²) in [6.45, 7) is 0. The predicted octanol–water partition coefficient (Wildman–Crippen LogP) is 3.21. The molecule has 18 heavy (non-hydrogen) atoms. The van der Waals surface area contributed by atoms with Crippen molar-refractivity contribution in [1.82, 2.24) is 0 Å². The number of hydrogen-bond acceptors (Lipinski definition) is 4. The summed E-state index contributed by atoms with van der Waals surface area (Å²) in [5.74, 6) is -0.826. The summed E-state index contributed by atoms with van der Waals surface area (Å²) < 4.78 is 38.1. The van der Waals surface area contributed by atoms with Gasteiger partial charge in [-0.25, -0.2) is 12.8 Å². The smallest absolute Gasteiger partial charge is 0.183 e. The van der Waals surface area contributed by atoms with E-state index in [0.717, 1.165) is 16.6 Å². The van der Waals surface area contributed by atoms with Gasteiger partial charge in [-0.1, -0.05) is 0 Å². The van der Waals surface area contributed by atoms with Crippen LogP contribution in [0.3, 0.4) is 0 Å². The molecule has 1 aromatic heterocycles. The van der Waals surface area contributed by atoms with Crippen molar-refractivity contribution < 1.29 is 12.8 Å². The Morgan fingerprint density at radius 3 is 2.61 bits per heavy atom. The van der Waals surface area contributed by atoms with Crippen LogP contribution >= 0.6 is 27.3 Å². The van der Waals surface area contributed by atoms with Gasteiger partial charge >= 0.3 is 0 Å². The Bertz CT molecular complexity index is 662. The fourth-order valence-electron chi connectivity index (χ4n) is 1.45. The van der Waals surface area contributed by atoms with Crippen molar-refractivity contribution in [1.29, 1.82) is 0 Å². The first-order valence-electron chi connectivity index (χ1n) is 4.89. The van der Waals surface area contributed by atoms with Gasteiger partial charge in [0.15, 0.2) is 9.84 Å². The van der Waals surface area contributed by atoms with Gasteiger partial charge in [0.05, 0.1) is 10.6 Å². The summed E-state index contributed by atoms with van der Waals surface area (Å²) in [6.07, 6.45) is 0. The monoisotopic (exact) mass is 349 g/mol. The van der Waals surface area contributed by atoms with E-state index in [1.54, 1.807) is 11.4 Å². The standard InChI is InChI=1S/C11H9BrFNO2S2/c12-10-1-2-17-11(10)6-18(15,16)9-4-7(13)3-8(14)5-9/h1-5H,6,14H2. The van der Waals surface area contributed by atoms with Crippen LogP contribution in [0.15, 0.2) is 39.0 Å². The number of hydrogen-bond donors (Lipinski definition) is 1. The van der Waals surface area contributed by atoms with E-state index in [4.69, 9.17) is 5.73 Å². The van der Waals surface area contributed by atoms with Crippen LogP contribution in [-0.2, 0) is 15.6 Å². The Hall–Kier alpha value is -0.920. The van der Waals surface area contributed by atoms with Crippen LogP contribution in [0.2, 0.25) is 0 Å². The molecule has 0 spiro atoms. The third-order valence-electron chi connectivity index (χ3n) is 2.26. The molecule has 0 aliphatic rings. The van der Waals surface area contributed by atoms with Crippen molar-refractivity contribution in [3.63, 3.8) is 0 Å². The second kappa shape index (κ2) is 4.99. The van der Waals surface area contributed by atoms with Crippen molar-refractivity contribution >= 4 is 42.8 Å². The molecule has 2 aromatic rings. The summed E-state index contributed by atoms with van der Waals surface area (Å²) in [6, 6.07) is 5.10. The van der Waals surface area contributed by atoms with Crippen molar-refractivity contribution in [3.8, 4) is 0 Å². The minimum absolute atomic E-state index is 0.0961. The number of nitrogen functional groups attached to an aromatic ring is 1. The van der Waals surface area contributed by atoms with Gasteiger partial charge < -0.3 is 5.73 Å². The van der Waals surface area contributed by atoms with Crippen molar-refractivity contribution in [2.24, 2.45) is 0 Å². The second-order valence-electron chi connectivity index (χ2n) is 3.67. The fraction of sp³-hybridized carbons (Fsp3) is 0.0909. The summed E-state index contributed by atoms with van der Waals surface area (Å²) in [7, 11) is -3.59. The van der Waals surface area contributed by atoms with E-state index in [2.05, 4.69) is 15.9 Å². The molecule has 0 aliphatic heterocycles. The normalized spacial score (nSPS) is 11.7. The third kappa shape index (κ3) is 2.90. The molecule has 0 fully saturated rings. The number of benzene rings is 1. The molecule has 0 amide bonds. The second-order valence-corrected chi connectivity index (χ2v) is 7.52. The van der Waals surface area contributed by atoms with Crippen LogP contribution in [-0.4, -0.2) is 8.42 Å². The van der Waals surface area contributed by atoms with Crippen molar-refractivity contribution in [2.45, 2.75) is 10.6 Å². The highest BCUT2D eigenvalue weighted by molar-refractivity contribution is 9.10. The van der Waals surface area contributed by atoms with Gasteiger partial charge in [-0.15, -0.1) is 11.3 Å². The number of nitrogens with two attached hydrogens (primary N) is 1. The minimum atomic E-state index is -3.59. The van der Waals surface area contributed by atoms with Gasteiger partial charge in [0, 0.05) is 15.0 Å². The Balaban J connectivity index is 2.40. The molecule has 2 N–H and O–H groups in total. The molecular weight excluding hydrogens is 341 g/mol. The Labute approximate surface area is 116 Å². The lowest BCUT2D eigenvalue weighted by Gasteiger charge is -2.05. The van der Waals surface area contributed by atoms with Gasteiger partial charge in [-0.2, -0.15) is 0 Å². The van der Waals surface area contributed by atoms with E-state index in [-0.39, 0.29) is 16.3 Å². The molecule has 1 heterocycles. The van der Waals surface area contributed by atoms with E-state index in [1.165, 1.54) is 17.4 Å². The van der Waals surface area contributed by atoms with E-state index < -0.39 is 15.7 Å². The number of halogens is 2. The first-order valence-corrected chi connectivity index (χ1v) is 8.22. The summed E-state index contributed by atoms with van der Waals surface area (Å²) in [4.78, 5) is 0.582. The van der Waals surface area contributed by atoms with Crippen LogP contribution in [0.25, 0.3) is 0 Å². The van der Waals surface area contributed by atoms with Crippen LogP contribution in [0.1, 0.15) is 4.88 Å². The quantitative estimate of drug-likeness (QED) is 0.865. The third-order valence-corrected chi connectivity index (χ3v) is 6.00. The fourth-order valence-corrected chi connectivity index (χ4v) is 4.92. The summed E-state index contributed by atoms with van der Waals surface area (Å²) in [5, 5.41) is 1.79. The van der Waals surface area contributed by atoms with Gasteiger partial charge in [0.1, 0.15) is 5.82 Å². The van der Waals surface area contributed by atoms with Crippen LogP contribution in [0.4, 0.5) is 10.1 Å². The molecule has 1 aromatic carbocycles. The molecular formula is C11H9BrFNO2S2. The Morgan fingerprint density at radius 1 is 1.33 bits per heavy atom. The largest absolute Gasteiger partial charge is 0.399 e. The highest BCUT2D eigenvalue weighted by Crippen LogP contribution is 2.28. The Kier molecular flexibility index (Phi) is 3.74. The summed E-state index contributed by atoms with van der Waals surface area (Å²) >= 11 is 4.60. The lowest BCUT2D eigenvalue weighted by molar-refractivity contribution is 0.590. The lowest BCUT2D eigenvalue weighted by atomic mass is 10.3. The first-order chi connectivity index (χ1) is 8.38. The van der Waals surface area contributed by atoms with E-state index in [9.17, 15) is 12.8 Å². The number of rotatable bonds is 3. The highest BCUT2D eigenvalue weighted by Gasteiger charge is 2.19. The molecule has 0 atom stereocenters. The lowest BCUT2D eigenvalue weighted by Crippen LogP contribution is -2.05. The predicted molar refractivity (Wildman–Crippen MR) is 73.7 cm³/mol. The van der Waals surface area contributed by atoms with Gasteiger partial charge in [-0.05, 0) is 45.6 Å². The topological polar surface area (TPSA) is 60.2 Å². The number of sulfone groups is 1. The zero-order valence-electron chi connectivity index (χ0n) is 9.06. The molecule has 7 heteroatoms. The number of anilines is 1. The van der Waals surface area contributed by atoms with Crippen LogP contribution in [0.5, 0.6) is 0 Å². The zero-order valence-corrected chi connectivity index (χ0v) is 12.3. The molecule has 0 saturated heterocycles. The van der Waals surface area contributed by atoms with Crippen molar-refractivity contribution in [2.75, 3.05) is 5.73 Å². The first kappa shape index (κ1) is 13.5. The van der Waals surface area contributed by atoms with E-state index in [1.807, 2.05) is 0 Å². The Morgan fingerprint density at radius 2 is 2.06 bits per heavy atom. The molecule has 0 unspecified atom stereocenters. The van der Waals surface area contributed by atoms with Crippen molar-refractivity contribution in [3.05, 3.63) is 44.8 Å². The molecule has 3 nitrogen and oxygen atoms in total. The molecule has 0 radical (unpaired) electrons. The average Bonchev–Trinajstić information content (AvgIpc) is 2.62. The maximum absolute atomic E-state index is 13.2. The molecule has 0 bridgehead atoms. The van der Waals surface area contributed by atoms with Crippen LogP contribution in [0, 0.1) is 5.82 Å². The average molecular weight is 350 g/mol. The van der Waals surface area contributed by atoms with Gasteiger partial charge in [0.25, 0.3) is 0 Å².